The maximum atomic E-state index is 10.2. The normalized spacial score (nSPS) is 12.0. The van der Waals surface area contributed by atoms with Crippen molar-refractivity contribution in [2.45, 2.75) is 6.92 Å². The van der Waals surface area contributed by atoms with E-state index in [9.17, 15) is 4.79 Å². The fraction of sp³-hybridized carbons (Fsp3) is 0.111. The molecule has 0 amide bonds. The van der Waals surface area contributed by atoms with Crippen molar-refractivity contribution in [3.63, 3.8) is 0 Å². The Balaban J connectivity index is 4.65. The first-order valence-corrected chi connectivity index (χ1v) is 3.14. The minimum Gasteiger partial charge on any atom is -0.298 e. The SMILES string of the molecule is C=C/C(C=O)=C\C(C#N)=C/C. The number of rotatable bonds is 3. The van der Waals surface area contributed by atoms with Gasteiger partial charge >= 0.3 is 0 Å². The molecule has 0 spiro atoms. The number of nitrogens with zero attached hydrogens (tertiary/aromatic N) is 1. The Morgan fingerprint density at radius 2 is 2.27 bits per heavy atom. The molecule has 0 aromatic rings. The molecule has 2 heteroatoms. The molecular formula is C9H9NO. The van der Waals surface area contributed by atoms with Crippen molar-refractivity contribution in [1.82, 2.24) is 0 Å². The van der Waals surface area contributed by atoms with Crippen LogP contribution in [0.3, 0.4) is 0 Å². The van der Waals surface area contributed by atoms with E-state index in [1.807, 2.05) is 6.07 Å². The van der Waals surface area contributed by atoms with Gasteiger partial charge in [0, 0.05) is 11.1 Å². The van der Waals surface area contributed by atoms with Crippen molar-refractivity contribution >= 4 is 6.29 Å². The summed E-state index contributed by atoms with van der Waals surface area (Å²) < 4.78 is 0. The van der Waals surface area contributed by atoms with Gasteiger partial charge in [-0.15, -0.1) is 0 Å². The van der Waals surface area contributed by atoms with Crippen LogP contribution in [-0.2, 0) is 4.79 Å². The van der Waals surface area contributed by atoms with Gasteiger partial charge < -0.3 is 0 Å². The Labute approximate surface area is 66.1 Å². The Kier molecular flexibility index (Phi) is 4.42. The summed E-state index contributed by atoms with van der Waals surface area (Å²) in [4.78, 5) is 10.2. The molecule has 0 N–H and O–H groups in total. The third-order valence-corrected chi connectivity index (χ3v) is 1.13. The van der Waals surface area contributed by atoms with Crippen LogP contribution in [-0.4, -0.2) is 6.29 Å². The van der Waals surface area contributed by atoms with Crippen molar-refractivity contribution in [3.05, 3.63) is 36.0 Å². The Morgan fingerprint density at radius 1 is 1.64 bits per heavy atom. The summed E-state index contributed by atoms with van der Waals surface area (Å²) in [5, 5.41) is 8.45. The summed E-state index contributed by atoms with van der Waals surface area (Å²) in [6.07, 6.45) is 5.19. The van der Waals surface area contributed by atoms with Gasteiger partial charge in [-0.05, 0) is 13.0 Å². The highest BCUT2D eigenvalue weighted by Gasteiger charge is 1.90. The van der Waals surface area contributed by atoms with Crippen LogP contribution in [0.2, 0.25) is 0 Å². The Morgan fingerprint density at radius 3 is 2.55 bits per heavy atom. The van der Waals surface area contributed by atoms with Gasteiger partial charge in [0.15, 0.2) is 0 Å². The second-order valence-electron chi connectivity index (χ2n) is 1.82. The zero-order valence-corrected chi connectivity index (χ0v) is 6.37. The summed E-state index contributed by atoms with van der Waals surface area (Å²) in [7, 11) is 0. The standard InChI is InChI=1S/C9H9NO/c1-3-8(6-10)5-9(4-2)7-11/h3-5,7H,2H2,1H3/b8-3+,9-5+. The van der Waals surface area contributed by atoms with Gasteiger partial charge in [-0.2, -0.15) is 5.26 Å². The van der Waals surface area contributed by atoms with Gasteiger partial charge in [0.05, 0.1) is 6.07 Å². The van der Waals surface area contributed by atoms with E-state index in [1.165, 1.54) is 12.2 Å². The number of carbonyl (C=O) groups excluding carboxylic acids is 1. The number of allylic oxidation sites excluding steroid dienone is 5. The molecule has 0 aliphatic carbocycles. The largest absolute Gasteiger partial charge is 0.298 e. The lowest BCUT2D eigenvalue weighted by Crippen LogP contribution is -1.79. The number of carbonyl (C=O) groups is 1. The van der Waals surface area contributed by atoms with Crippen LogP contribution < -0.4 is 0 Å². The van der Waals surface area contributed by atoms with Crippen LogP contribution in [0.15, 0.2) is 36.0 Å². The van der Waals surface area contributed by atoms with Gasteiger partial charge in [0.1, 0.15) is 6.29 Å². The number of hydrogen-bond donors (Lipinski definition) is 0. The van der Waals surface area contributed by atoms with Crippen LogP contribution >= 0.6 is 0 Å². The molecule has 0 aliphatic rings. The van der Waals surface area contributed by atoms with Crippen LogP contribution in [0.25, 0.3) is 0 Å². The molecule has 0 fully saturated rings. The minimum absolute atomic E-state index is 0.416. The van der Waals surface area contributed by atoms with E-state index in [2.05, 4.69) is 6.58 Å². The topological polar surface area (TPSA) is 40.9 Å². The van der Waals surface area contributed by atoms with Gasteiger partial charge in [-0.3, -0.25) is 4.79 Å². The zero-order chi connectivity index (χ0) is 8.69. The van der Waals surface area contributed by atoms with Gasteiger partial charge in [-0.1, -0.05) is 18.7 Å². The predicted octanol–water partition coefficient (Wildman–Crippen LogP) is 1.77. The lowest BCUT2D eigenvalue weighted by Gasteiger charge is -1.87. The first-order valence-electron chi connectivity index (χ1n) is 3.14. The lowest BCUT2D eigenvalue weighted by molar-refractivity contribution is -0.104. The molecule has 0 aliphatic heterocycles. The summed E-state index contributed by atoms with van der Waals surface area (Å²) in [5.41, 5.74) is 0.881. The summed E-state index contributed by atoms with van der Waals surface area (Å²) >= 11 is 0. The Bertz CT molecular complexity index is 243. The van der Waals surface area contributed by atoms with Crippen LogP contribution in [0.1, 0.15) is 6.92 Å². The van der Waals surface area contributed by atoms with Gasteiger partial charge in [0.2, 0.25) is 0 Å². The van der Waals surface area contributed by atoms with Crippen molar-refractivity contribution < 1.29 is 4.79 Å². The van der Waals surface area contributed by atoms with E-state index in [0.29, 0.717) is 17.4 Å². The Hall–Kier alpha value is -1.62. The fourth-order valence-electron chi connectivity index (χ4n) is 0.501. The minimum atomic E-state index is 0.416. The maximum absolute atomic E-state index is 10.2. The fourth-order valence-corrected chi connectivity index (χ4v) is 0.501. The number of nitriles is 1. The molecule has 2 nitrogen and oxygen atoms in total. The molecule has 11 heavy (non-hydrogen) atoms. The zero-order valence-electron chi connectivity index (χ0n) is 6.37. The van der Waals surface area contributed by atoms with E-state index in [0.717, 1.165) is 0 Å². The first-order chi connectivity index (χ1) is 5.28. The van der Waals surface area contributed by atoms with E-state index in [1.54, 1.807) is 13.0 Å². The second kappa shape index (κ2) is 5.19. The highest BCUT2D eigenvalue weighted by molar-refractivity contribution is 5.78. The first kappa shape index (κ1) is 9.38. The highest BCUT2D eigenvalue weighted by Crippen LogP contribution is 1.99. The van der Waals surface area contributed by atoms with Crippen molar-refractivity contribution in [1.29, 1.82) is 5.26 Å². The van der Waals surface area contributed by atoms with E-state index in [4.69, 9.17) is 5.26 Å². The molecule has 0 radical (unpaired) electrons. The van der Waals surface area contributed by atoms with E-state index in [-0.39, 0.29) is 0 Å². The molecule has 56 valence electrons. The molecule has 0 bridgehead atoms. The van der Waals surface area contributed by atoms with Crippen LogP contribution in [0.5, 0.6) is 0 Å². The monoisotopic (exact) mass is 147 g/mol. The molecule has 0 atom stereocenters. The molecule has 0 unspecified atom stereocenters. The summed E-state index contributed by atoms with van der Waals surface area (Å²) in [6.45, 7) is 5.15. The highest BCUT2D eigenvalue weighted by atomic mass is 16.1. The van der Waals surface area contributed by atoms with Gasteiger partial charge in [-0.25, -0.2) is 0 Å². The lowest BCUT2D eigenvalue weighted by atomic mass is 10.2. The molecule has 0 aromatic carbocycles. The smallest absolute Gasteiger partial charge is 0.150 e. The quantitative estimate of drug-likeness (QED) is 0.264. The predicted molar refractivity (Wildman–Crippen MR) is 43.7 cm³/mol. The molecule has 0 heterocycles. The summed E-state index contributed by atoms with van der Waals surface area (Å²) in [6, 6.07) is 1.93. The maximum Gasteiger partial charge on any atom is 0.150 e. The average Bonchev–Trinajstić information content (AvgIpc) is 2.07. The average molecular weight is 147 g/mol. The van der Waals surface area contributed by atoms with Crippen molar-refractivity contribution in [3.8, 4) is 6.07 Å². The van der Waals surface area contributed by atoms with E-state index >= 15 is 0 Å². The second-order valence-corrected chi connectivity index (χ2v) is 1.82. The van der Waals surface area contributed by atoms with Crippen molar-refractivity contribution in [2.75, 3.05) is 0 Å². The molecular weight excluding hydrogens is 138 g/mol. The van der Waals surface area contributed by atoms with Crippen molar-refractivity contribution in [2.24, 2.45) is 0 Å². The number of hydrogen-bond acceptors (Lipinski definition) is 2. The number of aldehydes is 1. The van der Waals surface area contributed by atoms with Crippen LogP contribution in [0, 0.1) is 11.3 Å². The van der Waals surface area contributed by atoms with Crippen LogP contribution in [0.4, 0.5) is 0 Å². The molecule has 0 saturated carbocycles. The molecule has 0 rings (SSSR count). The van der Waals surface area contributed by atoms with Gasteiger partial charge in [0.25, 0.3) is 0 Å². The molecule has 0 saturated heterocycles. The van der Waals surface area contributed by atoms with E-state index < -0.39 is 0 Å². The molecule has 0 aromatic heterocycles. The summed E-state index contributed by atoms with van der Waals surface area (Å²) in [5.74, 6) is 0. The third-order valence-electron chi connectivity index (χ3n) is 1.13. The third kappa shape index (κ3) is 3.17.